The lowest BCUT2D eigenvalue weighted by Crippen LogP contribution is -2.13. The van der Waals surface area contributed by atoms with Gasteiger partial charge in [0.2, 0.25) is 0 Å². The first-order valence-electron chi connectivity index (χ1n) is 7.79. The van der Waals surface area contributed by atoms with Gasteiger partial charge in [-0.3, -0.25) is 9.20 Å². The molecule has 2 heterocycles. The molecule has 1 N–H and O–H groups in total. The van der Waals surface area contributed by atoms with Crippen molar-refractivity contribution in [1.82, 2.24) is 14.6 Å². The molecule has 2 aromatic carbocycles. The van der Waals surface area contributed by atoms with Crippen LogP contribution in [0.15, 0.2) is 66.9 Å². The van der Waals surface area contributed by atoms with E-state index in [4.69, 9.17) is 11.6 Å². The van der Waals surface area contributed by atoms with Crippen molar-refractivity contribution in [3.05, 3.63) is 83.3 Å². The van der Waals surface area contributed by atoms with Crippen LogP contribution >= 0.6 is 11.6 Å². The number of nitrogens with one attached hydrogen (secondary N) is 1. The summed E-state index contributed by atoms with van der Waals surface area (Å²) in [7, 11) is 0. The number of carbonyl (C=O) groups excluding carboxylic acids is 1. The van der Waals surface area contributed by atoms with Gasteiger partial charge in [0, 0.05) is 16.9 Å². The molecule has 4 rings (SSSR count). The molecular weight excluding hydrogens is 355 g/mol. The molecule has 0 aliphatic carbocycles. The number of pyridine rings is 1. The molecule has 5 nitrogen and oxygen atoms in total. The van der Waals surface area contributed by atoms with E-state index >= 15 is 0 Å². The van der Waals surface area contributed by atoms with Gasteiger partial charge in [-0.1, -0.05) is 29.8 Å². The van der Waals surface area contributed by atoms with Gasteiger partial charge in [-0.2, -0.15) is 0 Å². The van der Waals surface area contributed by atoms with E-state index in [-0.39, 0.29) is 5.91 Å². The Morgan fingerprint density at radius 3 is 2.69 bits per heavy atom. The lowest BCUT2D eigenvalue weighted by Gasteiger charge is -2.07. The largest absolute Gasteiger partial charge is 0.322 e. The zero-order valence-electron chi connectivity index (χ0n) is 13.4. The lowest BCUT2D eigenvalue weighted by molar-refractivity contribution is 0.102. The third-order valence-electron chi connectivity index (χ3n) is 3.88. The Labute approximate surface area is 153 Å². The van der Waals surface area contributed by atoms with Crippen LogP contribution in [0.5, 0.6) is 0 Å². The van der Waals surface area contributed by atoms with Crippen molar-refractivity contribution in [3.63, 3.8) is 0 Å². The molecule has 0 saturated carbocycles. The maximum Gasteiger partial charge on any atom is 0.259 e. The third kappa shape index (κ3) is 2.91. The van der Waals surface area contributed by atoms with Crippen LogP contribution in [0.25, 0.3) is 17.0 Å². The van der Waals surface area contributed by atoms with E-state index in [1.807, 2.05) is 0 Å². The Morgan fingerprint density at radius 2 is 1.88 bits per heavy atom. The number of aromatic nitrogens is 3. The zero-order valence-corrected chi connectivity index (χ0v) is 14.1. The molecule has 0 aliphatic heterocycles. The molecular formula is C19H12ClFN4O. The van der Waals surface area contributed by atoms with Gasteiger partial charge >= 0.3 is 0 Å². The highest BCUT2D eigenvalue weighted by atomic mass is 35.5. The highest BCUT2D eigenvalue weighted by Gasteiger charge is 2.17. The molecule has 0 atom stereocenters. The molecule has 2 aromatic heterocycles. The van der Waals surface area contributed by atoms with Gasteiger partial charge in [0.05, 0.1) is 11.1 Å². The molecule has 0 spiro atoms. The number of halogens is 2. The number of carbonyl (C=O) groups is 1. The smallest absolute Gasteiger partial charge is 0.259 e. The molecule has 0 aliphatic rings. The maximum absolute atomic E-state index is 14.1. The fourth-order valence-electron chi connectivity index (χ4n) is 2.68. The highest BCUT2D eigenvalue weighted by Crippen LogP contribution is 2.23. The normalized spacial score (nSPS) is 10.8. The van der Waals surface area contributed by atoms with Gasteiger partial charge in [-0.15, -0.1) is 10.2 Å². The Bertz CT molecular complexity index is 1130. The van der Waals surface area contributed by atoms with E-state index in [1.54, 1.807) is 65.2 Å². The van der Waals surface area contributed by atoms with Gasteiger partial charge in [0.25, 0.3) is 5.91 Å². The van der Waals surface area contributed by atoms with Crippen LogP contribution in [0.3, 0.4) is 0 Å². The number of hydrogen-bond acceptors (Lipinski definition) is 3. The summed E-state index contributed by atoms with van der Waals surface area (Å²) in [6.45, 7) is 0. The van der Waals surface area contributed by atoms with E-state index in [0.717, 1.165) is 0 Å². The molecule has 7 heteroatoms. The second-order valence-corrected chi connectivity index (χ2v) is 6.02. The lowest BCUT2D eigenvalue weighted by atomic mass is 10.2. The van der Waals surface area contributed by atoms with Crippen molar-refractivity contribution in [3.8, 4) is 11.4 Å². The molecule has 0 fully saturated rings. The predicted octanol–water partition coefficient (Wildman–Crippen LogP) is 4.44. The van der Waals surface area contributed by atoms with Crippen LogP contribution in [-0.2, 0) is 0 Å². The molecule has 1 amide bonds. The number of anilines is 1. The second kappa shape index (κ2) is 6.57. The van der Waals surface area contributed by atoms with Crippen molar-refractivity contribution in [2.24, 2.45) is 0 Å². The van der Waals surface area contributed by atoms with Crippen LogP contribution < -0.4 is 5.32 Å². The van der Waals surface area contributed by atoms with E-state index < -0.39 is 5.82 Å². The van der Waals surface area contributed by atoms with Gasteiger partial charge < -0.3 is 5.32 Å². The molecule has 0 radical (unpaired) electrons. The van der Waals surface area contributed by atoms with E-state index in [1.165, 1.54) is 6.07 Å². The van der Waals surface area contributed by atoms with Gasteiger partial charge in [0.1, 0.15) is 5.82 Å². The number of amides is 1. The average molecular weight is 367 g/mol. The minimum absolute atomic E-state index is 0.312. The quantitative estimate of drug-likeness (QED) is 0.583. The Kier molecular flexibility index (Phi) is 4.10. The average Bonchev–Trinajstić information content (AvgIpc) is 3.06. The van der Waals surface area contributed by atoms with Crippen LogP contribution in [0.1, 0.15) is 10.4 Å². The topological polar surface area (TPSA) is 59.3 Å². The number of benzene rings is 2. The highest BCUT2D eigenvalue weighted by molar-refractivity contribution is 6.31. The monoisotopic (exact) mass is 366 g/mol. The van der Waals surface area contributed by atoms with Crippen molar-refractivity contribution in [2.75, 3.05) is 5.32 Å². The minimum atomic E-state index is -0.407. The summed E-state index contributed by atoms with van der Waals surface area (Å²) in [6, 6.07) is 16.5. The summed E-state index contributed by atoms with van der Waals surface area (Å²) < 4.78 is 15.7. The van der Waals surface area contributed by atoms with Crippen molar-refractivity contribution in [2.45, 2.75) is 0 Å². The standard InChI is InChI=1S/C19H12ClFN4O/c20-12-5-3-6-13(11-12)22-19(26)15-8-4-10-25-17(23-24-18(15)25)14-7-1-2-9-16(14)21/h1-11H,(H,22,26). The fourth-order valence-corrected chi connectivity index (χ4v) is 2.87. The predicted molar refractivity (Wildman–Crippen MR) is 97.8 cm³/mol. The van der Waals surface area contributed by atoms with E-state index in [2.05, 4.69) is 15.5 Å². The number of nitrogens with zero attached hydrogens (tertiary/aromatic N) is 3. The van der Waals surface area contributed by atoms with Gasteiger partial charge in [-0.05, 0) is 42.5 Å². The number of fused-ring (bicyclic) bond motifs is 1. The van der Waals surface area contributed by atoms with Crippen molar-refractivity contribution < 1.29 is 9.18 Å². The summed E-state index contributed by atoms with van der Waals surface area (Å²) in [5.41, 5.74) is 1.54. The zero-order chi connectivity index (χ0) is 18.1. The Balaban J connectivity index is 1.75. The molecule has 0 saturated heterocycles. The summed E-state index contributed by atoms with van der Waals surface area (Å²) >= 11 is 5.94. The molecule has 0 bridgehead atoms. The third-order valence-corrected chi connectivity index (χ3v) is 4.11. The maximum atomic E-state index is 14.1. The first-order valence-corrected chi connectivity index (χ1v) is 8.17. The number of hydrogen-bond donors (Lipinski definition) is 1. The van der Waals surface area contributed by atoms with E-state index in [0.29, 0.717) is 33.3 Å². The first-order chi connectivity index (χ1) is 12.6. The van der Waals surface area contributed by atoms with E-state index in [9.17, 15) is 9.18 Å². The Hall–Kier alpha value is -3.25. The van der Waals surface area contributed by atoms with Crippen molar-refractivity contribution >= 4 is 28.8 Å². The Morgan fingerprint density at radius 1 is 1.04 bits per heavy atom. The first kappa shape index (κ1) is 16.2. The fraction of sp³-hybridized carbons (Fsp3) is 0. The van der Waals surface area contributed by atoms with Crippen LogP contribution in [0.4, 0.5) is 10.1 Å². The molecule has 0 unspecified atom stereocenters. The summed E-state index contributed by atoms with van der Waals surface area (Å²) in [6.07, 6.45) is 1.69. The second-order valence-electron chi connectivity index (χ2n) is 5.58. The van der Waals surface area contributed by atoms with Gasteiger partial charge in [-0.25, -0.2) is 4.39 Å². The van der Waals surface area contributed by atoms with Gasteiger partial charge in [0.15, 0.2) is 11.5 Å². The number of rotatable bonds is 3. The van der Waals surface area contributed by atoms with Crippen LogP contribution in [0, 0.1) is 5.82 Å². The molecule has 128 valence electrons. The van der Waals surface area contributed by atoms with Crippen LogP contribution in [0.2, 0.25) is 5.02 Å². The summed E-state index contributed by atoms with van der Waals surface area (Å²) in [4.78, 5) is 12.6. The van der Waals surface area contributed by atoms with Crippen molar-refractivity contribution in [1.29, 1.82) is 0 Å². The molecule has 26 heavy (non-hydrogen) atoms. The SMILES string of the molecule is O=C(Nc1cccc(Cl)c1)c1cccn2c(-c3ccccc3F)nnc12. The minimum Gasteiger partial charge on any atom is -0.322 e. The summed E-state index contributed by atoms with van der Waals surface area (Å²) in [5.74, 6) is -0.434. The summed E-state index contributed by atoms with van der Waals surface area (Å²) in [5, 5.41) is 11.4. The van der Waals surface area contributed by atoms with Crippen LogP contribution in [-0.4, -0.2) is 20.5 Å². The molecule has 4 aromatic rings.